The summed E-state index contributed by atoms with van der Waals surface area (Å²) in [6.45, 7) is 4.44. The van der Waals surface area contributed by atoms with Crippen LogP contribution in [0.4, 0.5) is 14.5 Å². The standard InChI is InChI=1S/C19H24F2N4O/c1-2-3-12-9-23-10-14-15(12)24-17(26)13(8-22)16(14)25-6-4-18(5-7-25)11-19(18,20)21/h12,23H,2-7,9-11H2,1H3,(H,24,26). The van der Waals surface area contributed by atoms with E-state index in [-0.39, 0.29) is 23.5 Å². The van der Waals surface area contributed by atoms with Gasteiger partial charge in [0.05, 0.1) is 5.69 Å². The number of aromatic amines is 1. The van der Waals surface area contributed by atoms with E-state index < -0.39 is 11.3 Å². The lowest BCUT2D eigenvalue weighted by molar-refractivity contribution is 0.0537. The Balaban J connectivity index is 1.72. The molecule has 1 aromatic heterocycles. The van der Waals surface area contributed by atoms with E-state index in [0.717, 1.165) is 30.6 Å². The van der Waals surface area contributed by atoms with Gasteiger partial charge in [0.15, 0.2) is 0 Å². The molecule has 1 saturated heterocycles. The molecule has 5 nitrogen and oxygen atoms in total. The summed E-state index contributed by atoms with van der Waals surface area (Å²) >= 11 is 0. The van der Waals surface area contributed by atoms with E-state index in [0.29, 0.717) is 38.2 Å². The molecule has 1 atom stereocenters. The van der Waals surface area contributed by atoms with Crippen LogP contribution in [0, 0.1) is 16.7 Å². The average Bonchev–Trinajstić information content (AvgIpc) is 3.15. The molecule has 3 heterocycles. The first-order chi connectivity index (χ1) is 12.4. The van der Waals surface area contributed by atoms with Gasteiger partial charge in [-0.05, 0) is 19.3 Å². The third kappa shape index (κ3) is 2.54. The smallest absolute Gasteiger partial charge is 0.268 e. The fourth-order valence-electron chi connectivity index (χ4n) is 4.78. The third-order valence-corrected chi connectivity index (χ3v) is 6.42. The molecule has 2 aliphatic heterocycles. The summed E-state index contributed by atoms with van der Waals surface area (Å²) in [4.78, 5) is 17.5. The third-order valence-electron chi connectivity index (χ3n) is 6.42. The highest BCUT2D eigenvalue weighted by atomic mass is 19.3. The van der Waals surface area contributed by atoms with Crippen LogP contribution in [0.5, 0.6) is 0 Å². The van der Waals surface area contributed by atoms with E-state index in [2.05, 4.69) is 17.2 Å². The van der Waals surface area contributed by atoms with Crippen LogP contribution in [0.3, 0.4) is 0 Å². The molecule has 0 aromatic carbocycles. The maximum absolute atomic E-state index is 13.7. The molecule has 0 amide bonds. The van der Waals surface area contributed by atoms with Crippen LogP contribution < -0.4 is 15.8 Å². The highest BCUT2D eigenvalue weighted by molar-refractivity contribution is 5.66. The molecular weight excluding hydrogens is 338 g/mol. The lowest BCUT2D eigenvalue weighted by Crippen LogP contribution is -2.41. The highest BCUT2D eigenvalue weighted by Crippen LogP contribution is 2.66. The molecule has 1 spiro atoms. The Kier molecular flexibility index (Phi) is 4.07. The molecule has 1 aromatic rings. The van der Waals surface area contributed by atoms with Crippen LogP contribution in [0.15, 0.2) is 4.79 Å². The summed E-state index contributed by atoms with van der Waals surface area (Å²) in [5.41, 5.74) is 1.45. The molecule has 1 saturated carbocycles. The predicted molar refractivity (Wildman–Crippen MR) is 94.6 cm³/mol. The van der Waals surface area contributed by atoms with Gasteiger partial charge in [0.2, 0.25) is 0 Å². The van der Waals surface area contributed by atoms with Gasteiger partial charge in [0.1, 0.15) is 11.6 Å². The minimum atomic E-state index is -2.54. The predicted octanol–water partition coefficient (Wildman–Crippen LogP) is 2.86. The quantitative estimate of drug-likeness (QED) is 0.867. The molecule has 1 aliphatic carbocycles. The normalized spacial score (nSPS) is 25.6. The first-order valence-electron chi connectivity index (χ1n) is 9.45. The summed E-state index contributed by atoms with van der Waals surface area (Å²) in [6, 6.07) is 2.05. The van der Waals surface area contributed by atoms with Crippen molar-refractivity contribution in [3.8, 4) is 6.07 Å². The topological polar surface area (TPSA) is 71.9 Å². The number of hydrogen-bond acceptors (Lipinski definition) is 4. The second-order valence-corrected chi connectivity index (χ2v) is 7.95. The lowest BCUT2D eigenvalue weighted by Gasteiger charge is -2.37. The van der Waals surface area contributed by atoms with Crippen molar-refractivity contribution >= 4 is 5.69 Å². The Morgan fingerprint density at radius 1 is 1.35 bits per heavy atom. The van der Waals surface area contributed by atoms with Crippen LogP contribution in [0.1, 0.15) is 61.8 Å². The van der Waals surface area contributed by atoms with Crippen molar-refractivity contribution < 1.29 is 8.78 Å². The van der Waals surface area contributed by atoms with E-state index in [9.17, 15) is 18.8 Å². The largest absolute Gasteiger partial charge is 0.370 e. The van der Waals surface area contributed by atoms with E-state index in [1.54, 1.807) is 0 Å². The number of alkyl halides is 2. The summed E-state index contributed by atoms with van der Waals surface area (Å²) in [6.07, 6.45) is 2.77. The van der Waals surface area contributed by atoms with E-state index in [1.807, 2.05) is 11.0 Å². The zero-order chi connectivity index (χ0) is 18.5. The molecule has 1 unspecified atom stereocenters. The lowest BCUT2D eigenvalue weighted by atomic mass is 9.88. The number of rotatable bonds is 3. The van der Waals surface area contributed by atoms with E-state index in [1.165, 1.54) is 0 Å². The van der Waals surface area contributed by atoms with Gasteiger partial charge < -0.3 is 15.2 Å². The highest BCUT2D eigenvalue weighted by Gasteiger charge is 2.70. The number of piperidine rings is 1. The number of H-pyrrole nitrogens is 1. The fourth-order valence-corrected chi connectivity index (χ4v) is 4.78. The van der Waals surface area contributed by atoms with Crippen molar-refractivity contribution in [1.82, 2.24) is 10.3 Å². The monoisotopic (exact) mass is 362 g/mol. The number of aromatic nitrogens is 1. The SMILES string of the molecule is CCCC1CNCc2c1[nH]c(=O)c(C#N)c2N1CCC2(CC1)CC2(F)F. The zero-order valence-electron chi connectivity index (χ0n) is 15.0. The number of pyridine rings is 1. The van der Waals surface area contributed by atoms with Gasteiger partial charge in [-0.15, -0.1) is 0 Å². The van der Waals surface area contributed by atoms with Crippen molar-refractivity contribution in [3.05, 3.63) is 27.2 Å². The average molecular weight is 362 g/mol. The van der Waals surface area contributed by atoms with Crippen LogP contribution in [0.25, 0.3) is 0 Å². The van der Waals surface area contributed by atoms with Crippen molar-refractivity contribution in [2.45, 2.75) is 57.4 Å². The summed E-state index contributed by atoms with van der Waals surface area (Å²) in [7, 11) is 0. The van der Waals surface area contributed by atoms with Crippen LogP contribution in [0.2, 0.25) is 0 Å². The molecule has 2 N–H and O–H groups in total. The number of anilines is 1. The van der Waals surface area contributed by atoms with Gasteiger partial charge in [-0.25, -0.2) is 8.78 Å². The molecular formula is C19H24F2N4O. The molecule has 7 heteroatoms. The maximum atomic E-state index is 13.7. The van der Waals surface area contributed by atoms with Gasteiger partial charge in [-0.3, -0.25) is 4.79 Å². The summed E-state index contributed by atoms with van der Waals surface area (Å²) in [5.74, 6) is -2.33. The Bertz CT molecular complexity index is 818. The van der Waals surface area contributed by atoms with Gasteiger partial charge in [-0.1, -0.05) is 13.3 Å². The Labute approximate surface area is 151 Å². The molecule has 140 valence electrons. The van der Waals surface area contributed by atoms with Crippen LogP contribution >= 0.6 is 0 Å². The Hall–Kier alpha value is -1.94. The number of nitrogens with zero attached hydrogens (tertiary/aromatic N) is 2. The molecule has 26 heavy (non-hydrogen) atoms. The first-order valence-corrected chi connectivity index (χ1v) is 9.45. The van der Waals surface area contributed by atoms with Crippen molar-refractivity contribution in [3.63, 3.8) is 0 Å². The Morgan fingerprint density at radius 3 is 2.62 bits per heavy atom. The van der Waals surface area contributed by atoms with Gasteiger partial charge >= 0.3 is 0 Å². The molecule has 0 bridgehead atoms. The van der Waals surface area contributed by atoms with Gasteiger partial charge in [0, 0.05) is 55.2 Å². The summed E-state index contributed by atoms with van der Waals surface area (Å²) < 4.78 is 27.4. The molecule has 0 radical (unpaired) electrons. The van der Waals surface area contributed by atoms with Crippen molar-refractivity contribution in [1.29, 1.82) is 5.26 Å². The number of hydrogen-bond donors (Lipinski definition) is 2. The van der Waals surface area contributed by atoms with Gasteiger partial charge in [-0.2, -0.15) is 5.26 Å². The van der Waals surface area contributed by atoms with Gasteiger partial charge in [0.25, 0.3) is 11.5 Å². The number of halogens is 2. The maximum Gasteiger partial charge on any atom is 0.268 e. The number of nitrogens with one attached hydrogen (secondary N) is 2. The second kappa shape index (κ2) is 6.05. The van der Waals surface area contributed by atoms with Crippen molar-refractivity contribution in [2.24, 2.45) is 5.41 Å². The number of nitriles is 1. The van der Waals surface area contributed by atoms with Crippen molar-refractivity contribution in [2.75, 3.05) is 24.5 Å². The molecule has 2 fully saturated rings. The molecule has 3 aliphatic rings. The van der Waals surface area contributed by atoms with E-state index >= 15 is 0 Å². The minimum Gasteiger partial charge on any atom is -0.370 e. The molecule has 4 rings (SSSR count). The fraction of sp³-hybridized carbons (Fsp3) is 0.684. The minimum absolute atomic E-state index is 0.0213. The second-order valence-electron chi connectivity index (χ2n) is 7.95. The Morgan fingerprint density at radius 2 is 2.04 bits per heavy atom. The van der Waals surface area contributed by atoms with Crippen LogP contribution in [-0.2, 0) is 6.54 Å². The number of fused-ring (bicyclic) bond motifs is 1. The summed E-state index contributed by atoms with van der Waals surface area (Å²) in [5, 5.41) is 13.0. The van der Waals surface area contributed by atoms with Crippen LogP contribution in [-0.4, -0.2) is 30.5 Å². The zero-order valence-corrected chi connectivity index (χ0v) is 15.0. The van der Waals surface area contributed by atoms with E-state index in [4.69, 9.17) is 0 Å². The first kappa shape index (κ1) is 17.5.